The Balaban J connectivity index is 2.00. The number of carbonyl (C=O) groups is 1. The molecule has 14 heavy (non-hydrogen) atoms. The Morgan fingerprint density at radius 1 is 1.36 bits per heavy atom. The summed E-state index contributed by atoms with van der Waals surface area (Å²) in [6.45, 7) is 2.22. The van der Waals surface area contributed by atoms with Crippen LogP contribution in [0.2, 0.25) is 0 Å². The predicted molar refractivity (Wildman–Crippen MR) is 60.6 cm³/mol. The minimum atomic E-state index is -0.0800. The molecule has 82 valence electrons. The smallest absolute Gasteiger partial charge is 0.320 e. The van der Waals surface area contributed by atoms with Gasteiger partial charge in [-0.1, -0.05) is 48.5 Å². The number of alkyl halides is 1. The van der Waals surface area contributed by atoms with Gasteiger partial charge in [0.15, 0.2) is 0 Å². The molecule has 0 saturated carbocycles. The van der Waals surface area contributed by atoms with Crippen LogP contribution in [-0.4, -0.2) is 16.9 Å². The van der Waals surface area contributed by atoms with Crippen molar-refractivity contribution < 1.29 is 9.53 Å². The van der Waals surface area contributed by atoms with Crippen LogP contribution in [0.25, 0.3) is 0 Å². The molecule has 0 aromatic carbocycles. The molecule has 0 spiro atoms. The van der Waals surface area contributed by atoms with E-state index >= 15 is 0 Å². The molecule has 1 fully saturated rings. The number of halogens is 1. The maximum Gasteiger partial charge on any atom is 0.320 e. The van der Waals surface area contributed by atoms with Crippen LogP contribution in [0.3, 0.4) is 0 Å². The zero-order valence-corrected chi connectivity index (χ0v) is 10.4. The molecule has 0 N–H and O–H groups in total. The van der Waals surface area contributed by atoms with E-state index in [0.29, 0.717) is 0 Å². The van der Waals surface area contributed by atoms with Crippen molar-refractivity contribution in [1.82, 2.24) is 0 Å². The van der Waals surface area contributed by atoms with Crippen molar-refractivity contribution in [2.75, 3.05) is 0 Å². The third kappa shape index (κ3) is 3.99. The lowest BCUT2D eigenvalue weighted by Crippen LogP contribution is -2.06. The third-order valence-electron chi connectivity index (χ3n) is 2.64. The van der Waals surface area contributed by atoms with Crippen molar-refractivity contribution in [3.8, 4) is 0 Å². The first-order chi connectivity index (χ1) is 6.74. The second kappa shape index (κ2) is 6.44. The zero-order chi connectivity index (χ0) is 10.4. The van der Waals surface area contributed by atoms with E-state index in [-0.39, 0.29) is 16.9 Å². The van der Waals surface area contributed by atoms with Crippen LogP contribution < -0.4 is 0 Å². The number of hydrogen-bond acceptors (Lipinski definition) is 2. The standard InChI is InChI=1S/C11H19BrO2/c1-2-3-4-5-6-7-9-8-10(12)11(13)14-9/h9-10H,2-8H2,1H3. The van der Waals surface area contributed by atoms with Gasteiger partial charge in [-0.25, -0.2) is 0 Å². The monoisotopic (exact) mass is 262 g/mol. The molecule has 3 heteroatoms. The Labute approximate surface area is 94.5 Å². The number of carbonyl (C=O) groups excluding carboxylic acids is 1. The number of esters is 1. The van der Waals surface area contributed by atoms with Crippen LogP contribution in [0.1, 0.15) is 51.9 Å². The molecule has 0 amide bonds. The van der Waals surface area contributed by atoms with E-state index < -0.39 is 0 Å². The highest BCUT2D eigenvalue weighted by molar-refractivity contribution is 9.10. The van der Waals surface area contributed by atoms with Crippen molar-refractivity contribution in [2.24, 2.45) is 0 Å². The second-order valence-electron chi connectivity index (χ2n) is 3.97. The number of cyclic esters (lactones) is 1. The first kappa shape index (κ1) is 12.0. The average molecular weight is 263 g/mol. The van der Waals surface area contributed by atoms with Gasteiger partial charge in [0.1, 0.15) is 10.9 Å². The van der Waals surface area contributed by atoms with Gasteiger partial charge in [-0.2, -0.15) is 0 Å². The topological polar surface area (TPSA) is 26.3 Å². The van der Waals surface area contributed by atoms with Crippen molar-refractivity contribution in [2.45, 2.75) is 62.8 Å². The van der Waals surface area contributed by atoms with E-state index in [9.17, 15) is 4.79 Å². The van der Waals surface area contributed by atoms with Gasteiger partial charge in [-0.3, -0.25) is 4.79 Å². The van der Waals surface area contributed by atoms with Gasteiger partial charge in [0, 0.05) is 6.42 Å². The summed E-state index contributed by atoms with van der Waals surface area (Å²) in [6.07, 6.45) is 8.45. The Bertz CT molecular complexity index is 182. The number of rotatable bonds is 6. The van der Waals surface area contributed by atoms with Crippen LogP contribution in [-0.2, 0) is 9.53 Å². The molecule has 1 heterocycles. The third-order valence-corrected chi connectivity index (χ3v) is 3.39. The molecule has 1 aliphatic rings. The Kier molecular flexibility index (Phi) is 5.53. The maximum absolute atomic E-state index is 11.1. The van der Waals surface area contributed by atoms with Gasteiger partial charge in [0.25, 0.3) is 0 Å². The fraction of sp³-hybridized carbons (Fsp3) is 0.909. The number of ether oxygens (including phenoxy) is 1. The second-order valence-corrected chi connectivity index (χ2v) is 5.07. The molecule has 2 nitrogen and oxygen atoms in total. The number of hydrogen-bond donors (Lipinski definition) is 0. The summed E-state index contributed by atoms with van der Waals surface area (Å²) in [6, 6.07) is 0. The molecular weight excluding hydrogens is 244 g/mol. The van der Waals surface area contributed by atoms with Crippen LogP contribution in [0.4, 0.5) is 0 Å². The highest BCUT2D eigenvalue weighted by Crippen LogP contribution is 2.25. The van der Waals surface area contributed by atoms with E-state index in [1.165, 1.54) is 32.1 Å². The van der Waals surface area contributed by atoms with E-state index in [4.69, 9.17) is 4.74 Å². The molecular formula is C11H19BrO2. The molecule has 1 rings (SSSR count). The van der Waals surface area contributed by atoms with E-state index in [1.807, 2.05) is 0 Å². The Morgan fingerprint density at radius 2 is 2.07 bits per heavy atom. The van der Waals surface area contributed by atoms with Crippen LogP contribution in [0.15, 0.2) is 0 Å². The molecule has 1 saturated heterocycles. The van der Waals surface area contributed by atoms with Gasteiger partial charge < -0.3 is 4.74 Å². The summed E-state index contributed by atoms with van der Waals surface area (Å²) in [5, 5.41) is 0. The average Bonchev–Trinajstić information content (AvgIpc) is 2.46. The molecule has 0 bridgehead atoms. The lowest BCUT2D eigenvalue weighted by atomic mass is 10.1. The van der Waals surface area contributed by atoms with Crippen LogP contribution in [0, 0.1) is 0 Å². The summed E-state index contributed by atoms with van der Waals surface area (Å²) in [4.78, 5) is 11.0. The molecule has 0 aliphatic carbocycles. The van der Waals surface area contributed by atoms with Crippen LogP contribution in [0.5, 0.6) is 0 Å². The van der Waals surface area contributed by atoms with Crippen LogP contribution >= 0.6 is 15.9 Å². The zero-order valence-electron chi connectivity index (χ0n) is 8.80. The van der Waals surface area contributed by atoms with Gasteiger partial charge in [0.2, 0.25) is 0 Å². The van der Waals surface area contributed by atoms with Crippen molar-refractivity contribution >= 4 is 21.9 Å². The van der Waals surface area contributed by atoms with Crippen molar-refractivity contribution in [1.29, 1.82) is 0 Å². The Hall–Kier alpha value is -0.0500. The van der Waals surface area contributed by atoms with Gasteiger partial charge in [-0.15, -0.1) is 0 Å². The van der Waals surface area contributed by atoms with E-state index in [2.05, 4.69) is 22.9 Å². The minimum absolute atomic E-state index is 0.0526. The largest absolute Gasteiger partial charge is 0.461 e. The first-order valence-corrected chi connectivity index (χ1v) is 6.50. The molecule has 2 unspecified atom stereocenters. The van der Waals surface area contributed by atoms with Crippen molar-refractivity contribution in [3.05, 3.63) is 0 Å². The Morgan fingerprint density at radius 3 is 2.64 bits per heavy atom. The fourth-order valence-electron chi connectivity index (χ4n) is 1.77. The minimum Gasteiger partial charge on any atom is -0.461 e. The SMILES string of the molecule is CCCCCCCC1CC(Br)C(=O)O1. The first-order valence-electron chi connectivity index (χ1n) is 5.58. The van der Waals surface area contributed by atoms with E-state index in [0.717, 1.165) is 12.8 Å². The van der Waals surface area contributed by atoms with Gasteiger partial charge in [-0.05, 0) is 12.8 Å². The summed E-state index contributed by atoms with van der Waals surface area (Å²) >= 11 is 3.30. The molecule has 0 aromatic heterocycles. The van der Waals surface area contributed by atoms with Crippen molar-refractivity contribution in [3.63, 3.8) is 0 Å². The molecule has 0 radical (unpaired) electrons. The molecule has 1 aliphatic heterocycles. The molecule has 2 atom stereocenters. The maximum atomic E-state index is 11.1. The summed E-state index contributed by atoms with van der Waals surface area (Å²) < 4.78 is 5.19. The number of unbranched alkanes of at least 4 members (excludes halogenated alkanes) is 4. The lowest BCUT2D eigenvalue weighted by Gasteiger charge is -2.07. The molecule has 0 aromatic rings. The van der Waals surface area contributed by atoms with Gasteiger partial charge >= 0.3 is 5.97 Å². The highest BCUT2D eigenvalue weighted by Gasteiger charge is 2.31. The lowest BCUT2D eigenvalue weighted by molar-refractivity contribution is -0.141. The quantitative estimate of drug-likeness (QED) is 0.417. The summed E-state index contributed by atoms with van der Waals surface area (Å²) in [7, 11) is 0. The highest BCUT2D eigenvalue weighted by atomic mass is 79.9. The summed E-state index contributed by atoms with van der Waals surface area (Å²) in [5.74, 6) is -0.0800. The van der Waals surface area contributed by atoms with E-state index in [1.54, 1.807) is 0 Å². The summed E-state index contributed by atoms with van der Waals surface area (Å²) in [5.41, 5.74) is 0. The van der Waals surface area contributed by atoms with Gasteiger partial charge in [0.05, 0.1) is 0 Å². The fourth-order valence-corrected chi connectivity index (χ4v) is 2.29. The predicted octanol–water partition coefficient (Wildman–Crippen LogP) is 3.43. The normalized spacial score (nSPS) is 26.6.